The largest absolute Gasteiger partial charge is 0.316 e. The summed E-state index contributed by atoms with van der Waals surface area (Å²) < 4.78 is 0. The van der Waals surface area contributed by atoms with Gasteiger partial charge in [-0.05, 0) is 37.6 Å². The Morgan fingerprint density at radius 3 is 3.12 bits per heavy atom. The van der Waals surface area contributed by atoms with E-state index >= 15 is 0 Å². The van der Waals surface area contributed by atoms with E-state index in [-0.39, 0.29) is 0 Å². The van der Waals surface area contributed by atoms with Crippen LogP contribution in [0.5, 0.6) is 0 Å². The molecule has 1 fully saturated rings. The van der Waals surface area contributed by atoms with Crippen LogP contribution < -0.4 is 5.32 Å². The van der Waals surface area contributed by atoms with Crippen molar-refractivity contribution in [3.05, 3.63) is 34.8 Å². The van der Waals surface area contributed by atoms with Crippen molar-refractivity contribution in [3.8, 4) is 11.4 Å². The average molecular weight is 245 g/mol. The third-order valence-corrected chi connectivity index (χ3v) is 3.98. The molecule has 3 heterocycles. The Bertz CT molecular complexity index is 474. The molecule has 3 rings (SSSR count). The lowest BCUT2D eigenvalue weighted by atomic mass is 10.1. The van der Waals surface area contributed by atoms with E-state index in [2.05, 4.69) is 20.7 Å². The maximum Gasteiger partial charge on any atom is 0.0998 e. The predicted octanol–water partition coefficient (Wildman–Crippen LogP) is 2.36. The van der Waals surface area contributed by atoms with E-state index in [1.165, 1.54) is 11.4 Å². The summed E-state index contributed by atoms with van der Waals surface area (Å²) in [5.41, 5.74) is 1.98. The van der Waals surface area contributed by atoms with Crippen LogP contribution in [0.1, 0.15) is 11.4 Å². The molecule has 1 unspecified atom stereocenters. The first-order chi connectivity index (χ1) is 8.42. The van der Waals surface area contributed by atoms with Gasteiger partial charge in [-0.3, -0.25) is 4.98 Å². The van der Waals surface area contributed by atoms with Crippen molar-refractivity contribution in [2.45, 2.75) is 12.8 Å². The molecule has 0 bridgehead atoms. The zero-order valence-electron chi connectivity index (χ0n) is 9.60. The summed E-state index contributed by atoms with van der Waals surface area (Å²) in [5, 5.41) is 6.74. The molecular formula is C13H15N3S. The summed E-state index contributed by atoms with van der Waals surface area (Å²) >= 11 is 1.75. The topological polar surface area (TPSA) is 37.8 Å². The molecule has 1 atom stereocenters. The van der Waals surface area contributed by atoms with Crippen molar-refractivity contribution in [2.75, 3.05) is 13.1 Å². The number of aromatic nitrogens is 2. The summed E-state index contributed by atoms with van der Waals surface area (Å²) in [5.74, 6) is 0.762. The zero-order chi connectivity index (χ0) is 11.5. The van der Waals surface area contributed by atoms with Gasteiger partial charge in [-0.15, -0.1) is 11.3 Å². The third kappa shape index (κ3) is 2.53. The van der Waals surface area contributed by atoms with E-state index in [1.54, 1.807) is 11.3 Å². The van der Waals surface area contributed by atoms with Gasteiger partial charge in [0.2, 0.25) is 0 Å². The van der Waals surface area contributed by atoms with Crippen molar-refractivity contribution >= 4 is 11.3 Å². The smallest absolute Gasteiger partial charge is 0.0998 e. The summed E-state index contributed by atoms with van der Waals surface area (Å²) in [7, 11) is 0. The Morgan fingerprint density at radius 2 is 2.35 bits per heavy atom. The third-order valence-electron chi connectivity index (χ3n) is 3.10. The average Bonchev–Trinajstić information content (AvgIpc) is 3.02. The monoisotopic (exact) mass is 245 g/mol. The molecule has 1 saturated heterocycles. The maximum absolute atomic E-state index is 4.67. The lowest BCUT2D eigenvalue weighted by Gasteiger charge is -2.03. The number of nitrogens with zero attached hydrogens (tertiary/aromatic N) is 2. The Labute approximate surface area is 105 Å². The SMILES string of the molecule is c1ccc(-c2csc(CC3CCNC3)n2)nc1. The Hall–Kier alpha value is -1.26. The molecule has 0 aliphatic carbocycles. The standard InChI is InChI=1S/C13H15N3S/c1-2-5-15-11(3-1)12-9-17-13(16-12)7-10-4-6-14-8-10/h1-3,5,9-10,14H,4,6-8H2. The van der Waals surface area contributed by atoms with Crippen LogP contribution in [0.4, 0.5) is 0 Å². The van der Waals surface area contributed by atoms with Gasteiger partial charge in [-0.2, -0.15) is 0 Å². The quantitative estimate of drug-likeness (QED) is 0.902. The van der Waals surface area contributed by atoms with E-state index < -0.39 is 0 Å². The van der Waals surface area contributed by atoms with Crippen LogP contribution in [0.3, 0.4) is 0 Å². The van der Waals surface area contributed by atoms with Crippen molar-refractivity contribution in [2.24, 2.45) is 5.92 Å². The highest BCUT2D eigenvalue weighted by Gasteiger charge is 2.16. The Kier molecular flexibility index (Phi) is 3.16. The summed E-state index contributed by atoms with van der Waals surface area (Å²) in [6, 6.07) is 5.94. The molecule has 1 aliphatic heterocycles. The number of nitrogens with one attached hydrogen (secondary N) is 1. The number of hydrogen-bond donors (Lipinski definition) is 1. The molecule has 1 N–H and O–H groups in total. The van der Waals surface area contributed by atoms with Gasteiger partial charge in [0, 0.05) is 18.0 Å². The predicted molar refractivity (Wildman–Crippen MR) is 70.0 cm³/mol. The van der Waals surface area contributed by atoms with Gasteiger partial charge >= 0.3 is 0 Å². The van der Waals surface area contributed by atoms with Crippen LogP contribution in [0.2, 0.25) is 0 Å². The molecule has 88 valence electrons. The van der Waals surface area contributed by atoms with Crippen LogP contribution in [0.15, 0.2) is 29.8 Å². The van der Waals surface area contributed by atoms with E-state index in [0.29, 0.717) is 0 Å². The van der Waals surface area contributed by atoms with Crippen LogP contribution >= 0.6 is 11.3 Å². The normalized spacial score (nSPS) is 19.6. The molecule has 0 saturated carbocycles. The van der Waals surface area contributed by atoms with Gasteiger partial charge < -0.3 is 5.32 Å². The molecule has 1 aliphatic rings. The number of thiazole rings is 1. The molecule has 3 nitrogen and oxygen atoms in total. The highest BCUT2D eigenvalue weighted by molar-refractivity contribution is 7.09. The summed E-state index contributed by atoms with van der Waals surface area (Å²) in [6.07, 6.45) is 4.19. The van der Waals surface area contributed by atoms with E-state index in [9.17, 15) is 0 Å². The minimum absolute atomic E-state index is 0.762. The first-order valence-electron chi connectivity index (χ1n) is 5.98. The fourth-order valence-electron chi connectivity index (χ4n) is 2.17. The lowest BCUT2D eigenvalue weighted by molar-refractivity contribution is 0.578. The number of pyridine rings is 1. The molecule has 0 radical (unpaired) electrons. The van der Waals surface area contributed by atoms with Gasteiger partial charge in [0.1, 0.15) is 0 Å². The first-order valence-corrected chi connectivity index (χ1v) is 6.86. The van der Waals surface area contributed by atoms with Crippen molar-refractivity contribution in [1.29, 1.82) is 0 Å². The van der Waals surface area contributed by atoms with Gasteiger partial charge in [0.05, 0.1) is 16.4 Å². The Morgan fingerprint density at radius 1 is 1.35 bits per heavy atom. The molecule has 0 amide bonds. The van der Waals surface area contributed by atoms with Gasteiger partial charge in [-0.1, -0.05) is 6.07 Å². The fraction of sp³-hybridized carbons (Fsp3) is 0.385. The molecule has 2 aromatic rings. The highest BCUT2D eigenvalue weighted by Crippen LogP contribution is 2.23. The summed E-state index contributed by atoms with van der Waals surface area (Å²) in [4.78, 5) is 9.00. The molecule has 4 heteroatoms. The molecule has 0 aromatic carbocycles. The lowest BCUT2D eigenvalue weighted by Crippen LogP contribution is -2.10. The first kappa shape index (κ1) is 10.9. The van der Waals surface area contributed by atoms with Gasteiger partial charge in [0.15, 0.2) is 0 Å². The van der Waals surface area contributed by atoms with Crippen molar-refractivity contribution in [1.82, 2.24) is 15.3 Å². The fourth-order valence-corrected chi connectivity index (χ4v) is 3.08. The second kappa shape index (κ2) is 4.94. The van der Waals surface area contributed by atoms with Crippen LogP contribution in [0.25, 0.3) is 11.4 Å². The highest BCUT2D eigenvalue weighted by atomic mass is 32.1. The van der Waals surface area contributed by atoms with Gasteiger partial charge in [0.25, 0.3) is 0 Å². The van der Waals surface area contributed by atoms with Crippen LogP contribution in [-0.4, -0.2) is 23.1 Å². The second-order valence-electron chi connectivity index (χ2n) is 4.40. The molecular weight excluding hydrogens is 230 g/mol. The van der Waals surface area contributed by atoms with Crippen molar-refractivity contribution < 1.29 is 0 Å². The van der Waals surface area contributed by atoms with E-state index in [1.807, 2.05) is 24.4 Å². The molecule has 17 heavy (non-hydrogen) atoms. The minimum Gasteiger partial charge on any atom is -0.316 e. The summed E-state index contributed by atoms with van der Waals surface area (Å²) in [6.45, 7) is 2.29. The number of rotatable bonds is 3. The van der Waals surface area contributed by atoms with Crippen molar-refractivity contribution in [3.63, 3.8) is 0 Å². The van der Waals surface area contributed by atoms with Crippen LogP contribution in [-0.2, 0) is 6.42 Å². The van der Waals surface area contributed by atoms with E-state index in [4.69, 9.17) is 0 Å². The second-order valence-corrected chi connectivity index (χ2v) is 5.35. The van der Waals surface area contributed by atoms with E-state index in [0.717, 1.165) is 36.8 Å². The molecule has 2 aromatic heterocycles. The molecule has 0 spiro atoms. The maximum atomic E-state index is 4.67. The Balaban J connectivity index is 1.74. The minimum atomic E-state index is 0.762. The van der Waals surface area contributed by atoms with Gasteiger partial charge in [-0.25, -0.2) is 4.98 Å². The zero-order valence-corrected chi connectivity index (χ0v) is 10.4. The van der Waals surface area contributed by atoms with Crippen LogP contribution in [0, 0.1) is 5.92 Å². The number of hydrogen-bond acceptors (Lipinski definition) is 4.